The second kappa shape index (κ2) is 10.5. The Morgan fingerprint density at radius 2 is 1.84 bits per heavy atom. The normalized spacial score (nSPS) is 11.7. The van der Waals surface area contributed by atoms with Crippen LogP contribution in [0, 0.1) is 6.92 Å². The Morgan fingerprint density at radius 3 is 2.44 bits per heavy atom. The maximum Gasteiger partial charge on any atom is 0.321 e. The molecule has 4 amide bonds. The molecule has 138 valence electrons. The first kappa shape index (κ1) is 20.6. The maximum absolute atomic E-state index is 12.3. The highest BCUT2D eigenvalue weighted by Gasteiger charge is 2.24. The highest BCUT2D eigenvalue weighted by molar-refractivity contribution is 5.97. The van der Waals surface area contributed by atoms with E-state index < -0.39 is 18.0 Å². The van der Waals surface area contributed by atoms with Crippen LogP contribution >= 0.6 is 0 Å². The van der Waals surface area contributed by atoms with Crippen molar-refractivity contribution in [3.63, 3.8) is 0 Å². The van der Waals surface area contributed by atoms with Gasteiger partial charge in [0.05, 0.1) is 12.6 Å². The average molecular weight is 348 g/mol. The van der Waals surface area contributed by atoms with Crippen molar-refractivity contribution in [3.8, 4) is 0 Å². The number of amides is 4. The zero-order valence-electron chi connectivity index (χ0n) is 15.4. The first-order chi connectivity index (χ1) is 11.9. The van der Waals surface area contributed by atoms with Crippen LogP contribution in [0.15, 0.2) is 24.3 Å². The fourth-order valence-corrected chi connectivity index (χ4v) is 2.37. The van der Waals surface area contributed by atoms with Gasteiger partial charge < -0.3 is 10.6 Å². The van der Waals surface area contributed by atoms with Gasteiger partial charge in [0.15, 0.2) is 0 Å². The van der Waals surface area contributed by atoms with E-state index in [1.165, 1.54) is 0 Å². The third kappa shape index (κ3) is 6.93. The van der Waals surface area contributed by atoms with E-state index >= 15 is 0 Å². The Kier molecular flexibility index (Phi) is 8.63. The fraction of sp³-hybridized carbons (Fsp3) is 0.500. The third-order valence-corrected chi connectivity index (χ3v) is 3.78. The molecule has 1 atom stereocenters. The molecule has 1 unspecified atom stereocenters. The van der Waals surface area contributed by atoms with Gasteiger partial charge in [0.1, 0.15) is 0 Å². The molecule has 7 heteroatoms. The van der Waals surface area contributed by atoms with Crippen molar-refractivity contribution in [1.82, 2.24) is 15.5 Å². The van der Waals surface area contributed by atoms with E-state index in [1.54, 1.807) is 18.7 Å². The zero-order chi connectivity index (χ0) is 18.8. The van der Waals surface area contributed by atoms with Gasteiger partial charge in [0.25, 0.3) is 0 Å². The molecule has 25 heavy (non-hydrogen) atoms. The van der Waals surface area contributed by atoms with Crippen LogP contribution in [0.5, 0.6) is 0 Å². The number of rotatable bonds is 8. The van der Waals surface area contributed by atoms with E-state index in [-0.39, 0.29) is 12.5 Å². The van der Waals surface area contributed by atoms with Gasteiger partial charge in [0.2, 0.25) is 11.8 Å². The number of anilines is 1. The summed E-state index contributed by atoms with van der Waals surface area (Å²) in [6, 6.07) is 6.40. The minimum absolute atomic E-state index is 0.0756. The van der Waals surface area contributed by atoms with Crippen LogP contribution in [0.2, 0.25) is 0 Å². The minimum atomic E-state index is -0.592. The quantitative estimate of drug-likeness (QED) is 0.669. The second-order valence-corrected chi connectivity index (χ2v) is 5.86. The van der Waals surface area contributed by atoms with Crippen molar-refractivity contribution in [1.29, 1.82) is 0 Å². The fourth-order valence-electron chi connectivity index (χ4n) is 2.37. The van der Waals surface area contributed by atoms with Gasteiger partial charge >= 0.3 is 6.03 Å². The topological polar surface area (TPSA) is 90.5 Å². The molecule has 1 aromatic rings. The summed E-state index contributed by atoms with van der Waals surface area (Å²) in [6.07, 6.45) is 0.788. The molecule has 0 aliphatic rings. The first-order valence-electron chi connectivity index (χ1n) is 8.57. The van der Waals surface area contributed by atoms with Crippen LogP contribution in [0.3, 0.4) is 0 Å². The predicted molar refractivity (Wildman–Crippen MR) is 98.4 cm³/mol. The molecular formula is C18H28N4O3. The lowest BCUT2D eigenvalue weighted by molar-refractivity contribution is -0.126. The van der Waals surface area contributed by atoms with Gasteiger partial charge in [-0.3, -0.25) is 19.8 Å². The number of nitrogens with zero attached hydrogens (tertiary/aromatic N) is 1. The molecule has 0 bridgehead atoms. The molecule has 0 saturated heterocycles. The van der Waals surface area contributed by atoms with Crippen LogP contribution in [0.1, 0.15) is 32.8 Å². The maximum atomic E-state index is 12.3. The van der Waals surface area contributed by atoms with E-state index in [4.69, 9.17) is 0 Å². The second-order valence-electron chi connectivity index (χ2n) is 5.86. The van der Waals surface area contributed by atoms with Crippen molar-refractivity contribution in [2.24, 2.45) is 0 Å². The highest BCUT2D eigenvalue weighted by Crippen LogP contribution is 2.13. The van der Waals surface area contributed by atoms with E-state index in [9.17, 15) is 14.4 Å². The molecular weight excluding hydrogens is 320 g/mol. The molecule has 0 radical (unpaired) electrons. The summed E-state index contributed by atoms with van der Waals surface area (Å²) >= 11 is 0. The van der Waals surface area contributed by atoms with Gasteiger partial charge in [-0.05, 0) is 45.4 Å². The summed E-state index contributed by atoms with van der Waals surface area (Å²) in [4.78, 5) is 37.8. The molecule has 0 aliphatic carbocycles. The van der Waals surface area contributed by atoms with Gasteiger partial charge in [-0.25, -0.2) is 4.79 Å². The van der Waals surface area contributed by atoms with Gasteiger partial charge in [-0.1, -0.05) is 25.1 Å². The summed E-state index contributed by atoms with van der Waals surface area (Å²) in [5.74, 6) is -0.622. The SMILES string of the molecule is CCCN(CC(=O)Nc1ccccc1C)C(C)C(=O)NC(=O)NCC. The monoisotopic (exact) mass is 348 g/mol. The first-order valence-corrected chi connectivity index (χ1v) is 8.57. The van der Waals surface area contributed by atoms with Gasteiger partial charge in [-0.15, -0.1) is 0 Å². The molecule has 1 aromatic carbocycles. The Morgan fingerprint density at radius 1 is 1.16 bits per heavy atom. The molecule has 0 fully saturated rings. The van der Waals surface area contributed by atoms with Crippen LogP contribution in [0.4, 0.5) is 10.5 Å². The lowest BCUT2D eigenvalue weighted by Crippen LogP contribution is -2.51. The molecule has 0 saturated carbocycles. The largest absolute Gasteiger partial charge is 0.338 e. The number of hydrogen-bond donors (Lipinski definition) is 3. The minimum Gasteiger partial charge on any atom is -0.338 e. The summed E-state index contributed by atoms with van der Waals surface area (Å²) in [6.45, 7) is 8.43. The lowest BCUT2D eigenvalue weighted by Gasteiger charge is -2.27. The molecule has 0 spiro atoms. The van der Waals surface area contributed by atoms with E-state index in [0.717, 1.165) is 17.7 Å². The number of carbonyl (C=O) groups excluding carboxylic acids is 3. The van der Waals surface area contributed by atoms with Crippen LogP contribution in [-0.4, -0.2) is 48.4 Å². The van der Waals surface area contributed by atoms with E-state index in [1.807, 2.05) is 38.1 Å². The Balaban J connectivity index is 2.68. The lowest BCUT2D eigenvalue weighted by atomic mass is 10.2. The van der Waals surface area contributed by atoms with Crippen molar-refractivity contribution in [3.05, 3.63) is 29.8 Å². The van der Waals surface area contributed by atoms with Crippen molar-refractivity contribution in [2.45, 2.75) is 40.2 Å². The number of nitrogens with one attached hydrogen (secondary N) is 3. The Hall–Kier alpha value is -2.41. The standard InChI is InChI=1S/C18H28N4O3/c1-5-11-22(14(4)17(24)21-18(25)19-6-2)12-16(23)20-15-10-8-7-9-13(15)3/h7-10,14H,5-6,11-12H2,1-4H3,(H,20,23)(H2,19,21,24,25). The van der Waals surface area contributed by atoms with E-state index in [2.05, 4.69) is 16.0 Å². The number of hydrogen-bond acceptors (Lipinski definition) is 4. The number of carbonyl (C=O) groups is 3. The van der Waals surface area contributed by atoms with E-state index in [0.29, 0.717) is 13.1 Å². The van der Waals surface area contributed by atoms with Crippen molar-refractivity contribution < 1.29 is 14.4 Å². The van der Waals surface area contributed by atoms with Gasteiger partial charge in [-0.2, -0.15) is 0 Å². The smallest absolute Gasteiger partial charge is 0.321 e. The van der Waals surface area contributed by atoms with Gasteiger partial charge in [0, 0.05) is 12.2 Å². The van der Waals surface area contributed by atoms with Crippen molar-refractivity contribution in [2.75, 3.05) is 25.0 Å². The summed E-state index contributed by atoms with van der Waals surface area (Å²) in [7, 11) is 0. The molecule has 0 aromatic heterocycles. The summed E-state index contributed by atoms with van der Waals surface area (Å²) in [5.41, 5.74) is 1.73. The number of benzene rings is 1. The molecule has 0 aliphatic heterocycles. The number of para-hydroxylation sites is 1. The third-order valence-electron chi connectivity index (χ3n) is 3.78. The predicted octanol–water partition coefficient (Wildman–Crippen LogP) is 1.88. The molecule has 3 N–H and O–H groups in total. The number of urea groups is 1. The van der Waals surface area contributed by atoms with Crippen LogP contribution < -0.4 is 16.0 Å². The highest BCUT2D eigenvalue weighted by atomic mass is 16.2. The van der Waals surface area contributed by atoms with Crippen molar-refractivity contribution >= 4 is 23.5 Å². The Labute approximate surface area is 149 Å². The van der Waals surface area contributed by atoms with Crippen LogP contribution in [-0.2, 0) is 9.59 Å². The summed E-state index contributed by atoms with van der Waals surface area (Å²) in [5, 5.41) is 7.66. The Bertz CT molecular complexity index is 604. The number of aryl methyl sites for hydroxylation is 1. The zero-order valence-corrected chi connectivity index (χ0v) is 15.4. The molecule has 0 heterocycles. The number of imide groups is 1. The molecule has 7 nitrogen and oxygen atoms in total. The molecule has 1 rings (SSSR count). The average Bonchev–Trinajstić information content (AvgIpc) is 2.56. The summed E-state index contributed by atoms with van der Waals surface area (Å²) < 4.78 is 0. The van der Waals surface area contributed by atoms with Crippen LogP contribution in [0.25, 0.3) is 0 Å².